The van der Waals surface area contributed by atoms with Crippen LogP contribution in [0.4, 0.5) is 0 Å². The monoisotopic (exact) mass is 289 g/mol. The van der Waals surface area contributed by atoms with E-state index < -0.39 is 0 Å². The molecule has 1 aromatic heterocycles. The lowest BCUT2D eigenvalue weighted by Gasteiger charge is -2.26. The van der Waals surface area contributed by atoms with Crippen molar-refractivity contribution in [1.29, 1.82) is 0 Å². The second-order valence-corrected chi connectivity index (χ2v) is 6.94. The maximum atomic E-state index is 3.46. The van der Waals surface area contributed by atoms with Gasteiger partial charge in [-0.05, 0) is 82.8 Å². The van der Waals surface area contributed by atoms with E-state index in [4.69, 9.17) is 0 Å². The Hall–Kier alpha value is -0.800. The van der Waals surface area contributed by atoms with Crippen LogP contribution in [-0.4, -0.2) is 35.6 Å². The highest BCUT2D eigenvalue weighted by molar-refractivity contribution is 5.16. The quantitative estimate of drug-likeness (QED) is 0.899. The Bertz CT molecular complexity index is 426. The number of rotatable bonds is 5. The summed E-state index contributed by atoms with van der Waals surface area (Å²) in [6.07, 6.45) is 9.53. The summed E-state index contributed by atoms with van der Waals surface area (Å²) in [6.45, 7) is 6.16. The van der Waals surface area contributed by atoms with Gasteiger partial charge >= 0.3 is 0 Å². The first-order valence-electron chi connectivity index (χ1n) is 8.89. The van der Waals surface area contributed by atoms with E-state index in [0.29, 0.717) is 0 Å². The summed E-state index contributed by atoms with van der Waals surface area (Å²) in [5, 5.41) is 3.46. The Morgan fingerprint density at radius 2 is 1.76 bits per heavy atom. The van der Waals surface area contributed by atoms with Crippen LogP contribution in [0.1, 0.15) is 49.9 Å². The van der Waals surface area contributed by atoms with Crippen molar-refractivity contribution in [2.24, 2.45) is 13.0 Å². The first-order valence-corrected chi connectivity index (χ1v) is 8.89. The Labute approximate surface area is 129 Å². The van der Waals surface area contributed by atoms with Gasteiger partial charge < -0.3 is 9.88 Å². The minimum Gasteiger partial charge on any atom is -0.350 e. The van der Waals surface area contributed by atoms with E-state index in [9.17, 15) is 0 Å². The second-order valence-electron chi connectivity index (χ2n) is 6.94. The van der Waals surface area contributed by atoms with Gasteiger partial charge in [-0.3, -0.25) is 4.90 Å². The molecule has 0 aliphatic carbocycles. The van der Waals surface area contributed by atoms with E-state index >= 15 is 0 Å². The standard InChI is InChI=1S/C18H31N3/c1-20-17(6-5-16-9-11-19-12-10-16)7-8-18(20)15-21-13-3-2-4-14-21/h7-8,16,19H,2-6,9-15H2,1H3. The smallest absolute Gasteiger partial charge is 0.0387 e. The van der Waals surface area contributed by atoms with E-state index in [0.717, 1.165) is 12.5 Å². The number of likely N-dealkylation sites (tertiary alicyclic amines) is 1. The number of hydrogen-bond donors (Lipinski definition) is 1. The molecule has 21 heavy (non-hydrogen) atoms. The van der Waals surface area contributed by atoms with Crippen LogP contribution < -0.4 is 5.32 Å². The zero-order valence-electron chi connectivity index (χ0n) is 13.6. The lowest BCUT2D eigenvalue weighted by atomic mass is 9.92. The fraction of sp³-hybridized carbons (Fsp3) is 0.778. The van der Waals surface area contributed by atoms with Gasteiger partial charge in [-0.15, -0.1) is 0 Å². The van der Waals surface area contributed by atoms with Gasteiger partial charge in [0.05, 0.1) is 0 Å². The summed E-state index contributed by atoms with van der Waals surface area (Å²) >= 11 is 0. The molecule has 3 heterocycles. The van der Waals surface area contributed by atoms with Crippen molar-refractivity contribution in [3.63, 3.8) is 0 Å². The number of piperidine rings is 2. The molecule has 2 fully saturated rings. The first kappa shape index (κ1) is 15.1. The lowest BCUT2D eigenvalue weighted by Crippen LogP contribution is -2.30. The molecular formula is C18H31N3. The van der Waals surface area contributed by atoms with E-state index in [2.05, 4.69) is 34.0 Å². The molecule has 1 aromatic rings. The summed E-state index contributed by atoms with van der Waals surface area (Å²) in [5.41, 5.74) is 3.03. The van der Waals surface area contributed by atoms with E-state index in [1.807, 2.05) is 0 Å². The predicted molar refractivity (Wildman–Crippen MR) is 88.5 cm³/mol. The van der Waals surface area contributed by atoms with Crippen molar-refractivity contribution in [2.45, 2.75) is 51.5 Å². The summed E-state index contributed by atoms with van der Waals surface area (Å²) < 4.78 is 2.45. The van der Waals surface area contributed by atoms with Gasteiger partial charge in [0.1, 0.15) is 0 Å². The molecule has 0 bridgehead atoms. The third kappa shape index (κ3) is 4.10. The molecule has 2 aliphatic rings. The van der Waals surface area contributed by atoms with Gasteiger partial charge in [0.15, 0.2) is 0 Å². The maximum absolute atomic E-state index is 3.46. The fourth-order valence-electron chi connectivity index (χ4n) is 3.88. The summed E-state index contributed by atoms with van der Waals surface area (Å²) in [7, 11) is 2.26. The molecule has 3 rings (SSSR count). The summed E-state index contributed by atoms with van der Waals surface area (Å²) in [6, 6.07) is 4.72. The SMILES string of the molecule is Cn1c(CCC2CCNCC2)ccc1CN1CCCCC1. The molecule has 0 spiro atoms. The highest BCUT2D eigenvalue weighted by Gasteiger charge is 2.15. The third-order valence-electron chi connectivity index (χ3n) is 5.43. The Balaban J connectivity index is 1.51. The van der Waals surface area contributed by atoms with Crippen LogP contribution in [0.2, 0.25) is 0 Å². The highest BCUT2D eigenvalue weighted by atomic mass is 15.1. The van der Waals surface area contributed by atoms with Crippen LogP contribution in [0, 0.1) is 5.92 Å². The molecule has 3 heteroatoms. The van der Waals surface area contributed by atoms with Crippen LogP contribution >= 0.6 is 0 Å². The van der Waals surface area contributed by atoms with E-state index in [1.165, 1.54) is 82.5 Å². The van der Waals surface area contributed by atoms with Crippen molar-refractivity contribution in [3.8, 4) is 0 Å². The molecular weight excluding hydrogens is 258 g/mol. The zero-order chi connectivity index (χ0) is 14.5. The molecule has 3 nitrogen and oxygen atoms in total. The van der Waals surface area contributed by atoms with Crippen LogP contribution in [0.5, 0.6) is 0 Å². The molecule has 0 atom stereocenters. The Morgan fingerprint density at radius 1 is 1.05 bits per heavy atom. The molecule has 0 radical (unpaired) electrons. The maximum Gasteiger partial charge on any atom is 0.0387 e. The zero-order valence-corrected chi connectivity index (χ0v) is 13.6. The average Bonchev–Trinajstić information content (AvgIpc) is 2.88. The van der Waals surface area contributed by atoms with Crippen LogP contribution in [0.3, 0.4) is 0 Å². The van der Waals surface area contributed by atoms with Crippen LogP contribution in [0.25, 0.3) is 0 Å². The van der Waals surface area contributed by atoms with Gasteiger partial charge in [-0.2, -0.15) is 0 Å². The third-order valence-corrected chi connectivity index (χ3v) is 5.43. The van der Waals surface area contributed by atoms with E-state index in [1.54, 1.807) is 0 Å². The minimum absolute atomic E-state index is 0.937. The van der Waals surface area contributed by atoms with Gasteiger partial charge in [0.25, 0.3) is 0 Å². The molecule has 2 aliphatic heterocycles. The van der Waals surface area contributed by atoms with Gasteiger partial charge in [0, 0.05) is 25.0 Å². The van der Waals surface area contributed by atoms with Crippen molar-refractivity contribution < 1.29 is 0 Å². The van der Waals surface area contributed by atoms with Crippen molar-refractivity contribution in [3.05, 3.63) is 23.5 Å². The number of nitrogens with zero attached hydrogens (tertiary/aromatic N) is 2. The van der Waals surface area contributed by atoms with Crippen LogP contribution in [-0.2, 0) is 20.0 Å². The number of aryl methyl sites for hydroxylation is 1. The Kier molecular flexibility index (Phi) is 5.37. The van der Waals surface area contributed by atoms with Crippen molar-refractivity contribution >= 4 is 0 Å². The summed E-state index contributed by atoms with van der Waals surface area (Å²) in [4.78, 5) is 2.62. The minimum atomic E-state index is 0.937. The molecule has 0 aromatic carbocycles. The summed E-state index contributed by atoms with van der Waals surface area (Å²) in [5.74, 6) is 0.937. The molecule has 0 unspecified atom stereocenters. The lowest BCUT2D eigenvalue weighted by molar-refractivity contribution is 0.216. The number of hydrogen-bond acceptors (Lipinski definition) is 2. The van der Waals surface area contributed by atoms with E-state index in [-0.39, 0.29) is 0 Å². The molecule has 0 saturated carbocycles. The van der Waals surface area contributed by atoms with Gasteiger partial charge in [-0.1, -0.05) is 6.42 Å². The molecule has 1 N–H and O–H groups in total. The molecule has 0 amide bonds. The van der Waals surface area contributed by atoms with Crippen LogP contribution in [0.15, 0.2) is 12.1 Å². The first-order chi connectivity index (χ1) is 10.3. The van der Waals surface area contributed by atoms with Gasteiger partial charge in [0.2, 0.25) is 0 Å². The topological polar surface area (TPSA) is 20.2 Å². The van der Waals surface area contributed by atoms with Crippen molar-refractivity contribution in [2.75, 3.05) is 26.2 Å². The number of aromatic nitrogens is 1. The largest absolute Gasteiger partial charge is 0.350 e. The molecule has 2 saturated heterocycles. The normalized spacial score (nSPS) is 21.8. The number of nitrogens with one attached hydrogen (secondary N) is 1. The van der Waals surface area contributed by atoms with Crippen molar-refractivity contribution in [1.82, 2.24) is 14.8 Å². The average molecular weight is 289 g/mol. The highest BCUT2D eigenvalue weighted by Crippen LogP contribution is 2.20. The Morgan fingerprint density at radius 3 is 2.52 bits per heavy atom. The predicted octanol–water partition coefficient (Wildman–Crippen LogP) is 2.94. The second kappa shape index (κ2) is 7.46. The van der Waals surface area contributed by atoms with Gasteiger partial charge in [-0.25, -0.2) is 0 Å². The fourth-order valence-corrected chi connectivity index (χ4v) is 3.88. The molecule has 118 valence electrons.